The molecule has 2 rings (SSSR count). The number of benzene rings is 1. The van der Waals surface area contributed by atoms with Gasteiger partial charge in [-0.15, -0.1) is 0 Å². The van der Waals surface area contributed by atoms with E-state index in [1.54, 1.807) is 20.3 Å². The van der Waals surface area contributed by atoms with Crippen molar-refractivity contribution >= 4 is 5.78 Å². The highest BCUT2D eigenvalue weighted by Gasteiger charge is 2.41. The molecule has 1 aliphatic rings. The Kier molecular flexibility index (Phi) is 2.83. The summed E-state index contributed by atoms with van der Waals surface area (Å²) in [6.07, 6.45) is 1.37. The van der Waals surface area contributed by atoms with Crippen LogP contribution in [0.1, 0.15) is 24.5 Å². The Bertz CT molecular complexity index is 470. The molecule has 0 saturated carbocycles. The molecular formula is C13H17NO3. The molecule has 0 heterocycles. The molecular weight excluding hydrogens is 218 g/mol. The molecule has 0 fully saturated rings. The summed E-state index contributed by atoms with van der Waals surface area (Å²) in [5, 5.41) is 0. The molecule has 2 N–H and O–H groups in total. The monoisotopic (exact) mass is 235 g/mol. The van der Waals surface area contributed by atoms with Crippen LogP contribution in [0.2, 0.25) is 0 Å². The quantitative estimate of drug-likeness (QED) is 0.860. The van der Waals surface area contributed by atoms with Crippen LogP contribution in [-0.4, -0.2) is 20.0 Å². The molecule has 17 heavy (non-hydrogen) atoms. The standard InChI is InChI=1S/C13H17NO3/c1-8(15)13(14)7-6-9-10(13)4-5-11(16-2)12(9)17-3/h4-5H,6-7,14H2,1-3H3/t13-/m0/s1. The molecule has 1 atom stereocenters. The van der Waals surface area contributed by atoms with Gasteiger partial charge in [-0.05, 0) is 31.4 Å². The molecule has 1 aromatic rings. The van der Waals surface area contributed by atoms with Crippen molar-refractivity contribution in [1.29, 1.82) is 0 Å². The molecule has 0 saturated heterocycles. The van der Waals surface area contributed by atoms with E-state index in [4.69, 9.17) is 15.2 Å². The average molecular weight is 235 g/mol. The van der Waals surface area contributed by atoms with Gasteiger partial charge in [0.15, 0.2) is 17.3 Å². The summed E-state index contributed by atoms with van der Waals surface area (Å²) >= 11 is 0. The lowest BCUT2D eigenvalue weighted by atomic mass is 9.89. The highest BCUT2D eigenvalue weighted by Crippen LogP contribution is 2.44. The molecule has 0 bridgehead atoms. The van der Waals surface area contributed by atoms with E-state index in [9.17, 15) is 4.79 Å². The van der Waals surface area contributed by atoms with Gasteiger partial charge in [0.05, 0.1) is 14.2 Å². The van der Waals surface area contributed by atoms with E-state index >= 15 is 0 Å². The maximum Gasteiger partial charge on any atom is 0.164 e. The number of carbonyl (C=O) groups excluding carboxylic acids is 1. The molecule has 1 aliphatic carbocycles. The molecule has 4 nitrogen and oxygen atoms in total. The number of fused-ring (bicyclic) bond motifs is 1. The lowest BCUT2D eigenvalue weighted by molar-refractivity contribution is -0.122. The molecule has 0 aliphatic heterocycles. The fraction of sp³-hybridized carbons (Fsp3) is 0.462. The molecule has 4 heteroatoms. The number of ether oxygens (including phenoxy) is 2. The van der Waals surface area contributed by atoms with E-state index in [-0.39, 0.29) is 5.78 Å². The Morgan fingerprint density at radius 2 is 2.06 bits per heavy atom. The van der Waals surface area contributed by atoms with Gasteiger partial charge in [0.2, 0.25) is 0 Å². The Labute approximate surface area is 101 Å². The van der Waals surface area contributed by atoms with Crippen molar-refractivity contribution in [3.63, 3.8) is 0 Å². The highest BCUT2D eigenvalue weighted by atomic mass is 16.5. The van der Waals surface area contributed by atoms with Crippen molar-refractivity contribution in [1.82, 2.24) is 0 Å². The molecule has 0 aromatic heterocycles. The molecule has 92 valence electrons. The van der Waals surface area contributed by atoms with Crippen molar-refractivity contribution in [2.24, 2.45) is 5.73 Å². The fourth-order valence-corrected chi connectivity index (χ4v) is 2.48. The first kappa shape index (κ1) is 11.9. The fourth-order valence-electron chi connectivity index (χ4n) is 2.48. The molecule has 0 radical (unpaired) electrons. The van der Waals surface area contributed by atoms with Gasteiger partial charge >= 0.3 is 0 Å². The van der Waals surface area contributed by atoms with E-state index in [1.807, 2.05) is 6.07 Å². The van der Waals surface area contributed by atoms with E-state index in [0.29, 0.717) is 17.9 Å². The largest absolute Gasteiger partial charge is 0.493 e. The maximum atomic E-state index is 11.7. The first-order valence-corrected chi connectivity index (χ1v) is 5.59. The maximum absolute atomic E-state index is 11.7. The number of Topliss-reactive ketones (excluding diaryl/α,β-unsaturated/α-hetero) is 1. The second-order valence-electron chi connectivity index (χ2n) is 4.35. The van der Waals surface area contributed by atoms with Crippen LogP contribution in [-0.2, 0) is 16.8 Å². The van der Waals surface area contributed by atoms with Crippen LogP contribution in [0, 0.1) is 0 Å². The van der Waals surface area contributed by atoms with Crippen LogP contribution < -0.4 is 15.2 Å². The van der Waals surface area contributed by atoms with Crippen molar-refractivity contribution in [3.05, 3.63) is 23.3 Å². The average Bonchev–Trinajstić information content (AvgIpc) is 2.67. The van der Waals surface area contributed by atoms with Gasteiger partial charge in [-0.3, -0.25) is 4.79 Å². The van der Waals surface area contributed by atoms with Crippen LogP contribution in [0.4, 0.5) is 0 Å². The minimum Gasteiger partial charge on any atom is -0.493 e. The van der Waals surface area contributed by atoms with Gasteiger partial charge in [-0.2, -0.15) is 0 Å². The lowest BCUT2D eigenvalue weighted by Crippen LogP contribution is -2.41. The summed E-state index contributed by atoms with van der Waals surface area (Å²) in [5.74, 6) is 1.36. The Morgan fingerprint density at radius 3 is 2.59 bits per heavy atom. The number of rotatable bonds is 3. The zero-order valence-corrected chi connectivity index (χ0v) is 10.4. The third kappa shape index (κ3) is 1.60. The highest BCUT2D eigenvalue weighted by molar-refractivity contribution is 5.89. The molecule has 0 unspecified atom stereocenters. The molecule has 0 amide bonds. The number of ketones is 1. The zero-order valence-electron chi connectivity index (χ0n) is 10.4. The van der Waals surface area contributed by atoms with Gasteiger partial charge in [-0.1, -0.05) is 6.07 Å². The minimum absolute atomic E-state index is 0.0107. The SMILES string of the molecule is COc1ccc2c(c1OC)CC[C@]2(N)C(C)=O. The van der Waals surface area contributed by atoms with E-state index in [2.05, 4.69) is 0 Å². The van der Waals surface area contributed by atoms with Crippen molar-refractivity contribution in [2.45, 2.75) is 25.3 Å². The van der Waals surface area contributed by atoms with Crippen molar-refractivity contribution in [2.75, 3.05) is 14.2 Å². The Balaban J connectivity index is 2.61. The van der Waals surface area contributed by atoms with Crippen molar-refractivity contribution < 1.29 is 14.3 Å². The van der Waals surface area contributed by atoms with E-state index in [1.165, 1.54) is 6.92 Å². The summed E-state index contributed by atoms with van der Waals surface area (Å²) in [6, 6.07) is 3.67. The van der Waals surface area contributed by atoms with Crippen LogP contribution in [0.25, 0.3) is 0 Å². The molecule has 0 spiro atoms. The number of nitrogens with two attached hydrogens (primary N) is 1. The van der Waals surface area contributed by atoms with E-state index < -0.39 is 5.54 Å². The normalized spacial score (nSPS) is 22.1. The minimum atomic E-state index is -0.866. The van der Waals surface area contributed by atoms with Crippen LogP contribution in [0.15, 0.2) is 12.1 Å². The summed E-state index contributed by atoms with van der Waals surface area (Å²) in [6.45, 7) is 1.53. The first-order chi connectivity index (χ1) is 8.04. The predicted molar refractivity (Wildman–Crippen MR) is 64.4 cm³/mol. The topological polar surface area (TPSA) is 61.6 Å². The first-order valence-electron chi connectivity index (χ1n) is 5.59. The van der Waals surface area contributed by atoms with Crippen molar-refractivity contribution in [3.8, 4) is 11.5 Å². The number of methoxy groups -OCH3 is 2. The Hall–Kier alpha value is -1.55. The number of carbonyl (C=O) groups is 1. The number of hydrogen-bond acceptors (Lipinski definition) is 4. The molecule has 1 aromatic carbocycles. The smallest absolute Gasteiger partial charge is 0.164 e. The summed E-state index contributed by atoms with van der Waals surface area (Å²) in [5.41, 5.74) is 7.17. The van der Waals surface area contributed by atoms with Gasteiger partial charge in [0.1, 0.15) is 5.54 Å². The summed E-state index contributed by atoms with van der Waals surface area (Å²) in [4.78, 5) is 11.7. The summed E-state index contributed by atoms with van der Waals surface area (Å²) < 4.78 is 10.6. The van der Waals surface area contributed by atoms with Crippen LogP contribution in [0.5, 0.6) is 11.5 Å². The van der Waals surface area contributed by atoms with Crippen LogP contribution >= 0.6 is 0 Å². The van der Waals surface area contributed by atoms with Gasteiger partial charge in [0, 0.05) is 5.56 Å². The van der Waals surface area contributed by atoms with Gasteiger partial charge in [0.25, 0.3) is 0 Å². The zero-order chi connectivity index (χ0) is 12.6. The van der Waals surface area contributed by atoms with Crippen LogP contribution in [0.3, 0.4) is 0 Å². The van der Waals surface area contributed by atoms with Gasteiger partial charge < -0.3 is 15.2 Å². The second kappa shape index (κ2) is 4.04. The second-order valence-corrected chi connectivity index (χ2v) is 4.35. The Morgan fingerprint density at radius 1 is 1.35 bits per heavy atom. The third-order valence-electron chi connectivity index (χ3n) is 3.53. The summed E-state index contributed by atoms with van der Waals surface area (Å²) in [7, 11) is 3.20. The predicted octanol–water partition coefficient (Wildman–Crippen LogP) is 1.39. The third-order valence-corrected chi connectivity index (χ3v) is 3.53. The van der Waals surface area contributed by atoms with Gasteiger partial charge in [-0.25, -0.2) is 0 Å². The lowest BCUT2D eigenvalue weighted by Gasteiger charge is -2.22. The van der Waals surface area contributed by atoms with E-state index in [0.717, 1.165) is 17.5 Å². The number of hydrogen-bond donors (Lipinski definition) is 1.